The largest absolute Gasteiger partial charge is 0.367 e. The predicted octanol–water partition coefficient (Wildman–Crippen LogP) is 4.03. The standard InChI is InChI=1S/C17H22N2/c1-13-8-9-15(12-18)17(11-13)19-10-4-7-16(19)14-5-2-3-6-14/h8-9,11,14,16H,2-7,10H2,1H3. The van der Waals surface area contributed by atoms with E-state index in [1.54, 1.807) is 0 Å². The van der Waals surface area contributed by atoms with Gasteiger partial charge in [0.25, 0.3) is 0 Å². The third kappa shape index (κ3) is 2.34. The second-order valence-corrected chi connectivity index (χ2v) is 6.08. The highest BCUT2D eigenvalue weighted by molar-refractivity contribution is 5.62. The molecule has 0 spiro atoms. The van der Waals surface area contributed by atoms with Gasteiger partial charge in [-0.2, -0.15) is 5.26 Å². The van der Waals surface area contributed by atoms with E-state index >= 15 is 0 Å². The molecule has 1 atom stereocenters. The van der Waals surface area contributed by atoms with Crippen molar-refractivity contribution in [3.8, 4) is 6.07 Å². The summed E-state index contributed by atoms with van der Waals surface area (Å²) in [6.07, 6.45) is 8.15. The summed E-state index contributed by atoms with van der Waals surface area (Å²) < 4.78 is 0. The Morgan fingerprint density at radius 3 is 2.68 bits per heavy atom. The molecular weight excluding hydrogens is 232 g/mol. The normalized spacial score (nSPS) is 23.8. The van der Waals surface area contributed by atoms with E-state index in [1.165, 1.54) is 49.8 Å². The molecule has 1 saturated heterocycles. The van der Waals surface area contributed by atoms with Gasteiger partial charge in [0.1, 0.15) is 6.07 Å². The Hall–Kier alpha value is -1.49. The Kier molecular flexibility index (Phi) is 3.46. The van der Waals surface area contributed by atoms with Crippen LogP contribution in [0.5, 0.6) is 0 Å². The Bertz CT molecular complexity index is 494. The van der Waals surface area contributed by atoms with Crippen molar-refractivity contribution in [1.29, 1.82) is 5.26 Å². The SMILES string of the molecule is Cc1ccc(C#N)c(N2CCCC2C2CCCC2)c1. The van der Waals surface area contributed by atoms with E-state index in [1.807, 2.05) is 12.1 Å². The van der Waals surface area contributed by atoms with Crippen LogP contribution in [-0.4, -0.2) is 12.6 Å². The van der Waals surface area contributed by atoms with Crippen LogP contribution in [0.2, 0.25) is 0 Å². The van der Waals surface area contributed by atoms with Gasteiger partial charge in [-0.05, 0) is 56.2 Å². The van der Waals surface area contributed by atoms with Crippen LogP contribution in [0, 0.1) is 24.2 Å². The van der Waals surface area contributed by atoms with Crippen LogP contribution in [0.15, 0.2) is 18.2 Å². The van der Waals surface area contributed by atoms with E-state index in [0.717, 1.165) is 18.0 Å². The fraction of sp³-hybridized carbons (Fsp3) is 0.588. The maximum atomic E-state index is 9.34. The number of aryl methyl sites for hydroxylation is 1. The number of nitrogens with zero attached hydrogens (tertiary/aromatic N) is 2. The van der Waals surface area contributed by atoms with E-state index in [9.17, 15) is 5.26 Å². The summed E-state index contributed by atoms with van der Waals surface area (Å²) >= 11 is 0. The van der Waals surface area contributed by atoms with E-state index in [4.69, 9.17) is 0 Å². The molecule has 0 amide bonds. The minimum absolute atomic E-state index is 0.677. The molecule has 1 aromatic rings. The van der Waals surface area contributed by atoms with Gasteiger partial charge in [-0.25, -0.2) is 0 Å². The molecule has 1 aliphatic heterocycles. The van der Waals surface area contributed by atoms with Gasteiger partial charge in [0.15, 0.2) is 0 Å². The number of hydrogen-bond acceptors (Lipinski definition) is 2. The molecule has 100 valence electrons. The lowest BCUT2D eigenvalue weighted by Gasteiger charge is -2.32. The zero-order valence-electron chi connectivity index (χ0n) is 11.7. The van der Waals surface area contributed by atoms with Crippen molar-refractivity contribution >= 4 is 5.69 Å². The molecule has 0 aromatic heterocycles. The summed E-state index contributed by atoms with van der Waals surface area (Å²) in [6.45, 7) is 3.24. The summed E-state index contributed by atoms with van der Waals surface area (Å²) in [6, 6.07) is 9.27. The van der Waals surface area contributed by atoms with Crippen LogP contribution in [0.3, 0.4) is 0 Å². The summed E-state index contributed by atoms with van der Waals surface area (Å²) in [5, 5.41) is 9.34. The number of hydrogen-bond donors (Lipinski definition) is 0. The van der Waals surface area contributed by atoms with Gasteiger partial charge in [-0.3, -0.25) is 0 Å². The molecule has 2 nitrogen and oxygen atoms in total. The number of benzene rings is 1. The highest BCUT2D eigenvalue weighted by Crippen LogP contribution is 2.38. The Morgan fingerprint density at radius 2 is 1.95 bits per heavy atom. The maximum absolute atomic E-state index is 9.34. The first-order chi connectivity index (χ1) is 9.29. The summed E-state index contributed by atoms with van der Waals surface area (Å²) in [7, 11) is 0. The number of nitriles is 1. The van der Waals surface area contributed by atoms with Crippen molar-refractivity contribution < 1.29 is 0 Å². The summed E-state index contributed by atoms with van der Waals surface area (Å²) in [5.41, 5.74) is 3.28. The van der Waals surface area contributed by atoms with Crippen LogP contribution in [0.4, 0.5) is 5.69 Å². The second-order valence-electron chi connectivity index (χ2n) is 6.08. The molecule has 1 aromatic carbocycles. The lowest BCUT2D eigenvalue weighted by atomic mass is 9.95. The summed E-state index contributed by atoms with van der Waals surface area (Å²) in [5.74, 6) is 0.856. The van der Waals surface area contributed by atoms with Gasteiger partial charge in [0, 0.05) is 12.6 Å². The van der Waals surface area contributed by atoms with Crippen LogP contribution < -0.4 is 4.90 Å². The molecule has 0 N–H and O–H groups in total. The van der Waals surface area contributed by atoms with Gasteiger partial charge < -0.3 is 4.90 Å². The first-order valence-corrected chi connectivity index (χ1v) is 7.57. The molecule has 0 bridgehead atoms. The molecule has 1 unspecified atom stereocenters. The van der Waals surface area contributed by atoms with Crippen molar-refractivity contribution in [2.75, 3.05) is 11.4 Å². The van der Waals surface area contributed by atoms with Gasteiger partial charge in [0.2, 0.25) is 0 Å². The zero-order valence-corrected chi connectivity index (χ0v) is 11.7. The first-order valence-electron chi connectivity index (χ1n) is 7.57. The fourth-order valence-electron chi connectivity index (χ4n) is 3.90. The van der Waals surface area contributed by atoms with E-state index < -0.39 is 0 Å². The molecule has 2 aliphatic rings. The quantitative estimate of drug-likeness (QED) is 0.797. The predicted molar refractivity (Wildman–Crippen MR) is 78.2 cm³/mol. The van der Waals surface area contributed by atoms with Crippen LogP contribution in [-0.2, 0) is 0 Å². The van der Waals surface area contributed by atoms with Crippen LogP contribution >= 0.6 is 0 Å². The van der Waals surface area contributed by atoms with Crippen LogP contribution in [0.25, 0.3) is 0 Å². The Balaban J connectivity index is 1.92. The zero-order chi connectivity index (χ0) is 13.2. The highest BCUT2D eigenvalue weighted by atomic mass is 15.2. The van der Waals surface area contributed by atoms with E-state index in [0.29, 0.717) is 6.04 Å². The minimum Gasteiger partial charge on any atom is -0.367 e. The molecule has 1 aliphatic carbocycles. The first kappa shape index (κ1) is 12.5. The molecule has 3 rings (SSSR count). The Morgan fingerprint density at radius 1 is 1.16 bits per heavy atom. The smallest absolute Gasteiger partial charge is 0.101 e. The Labute approximate surface area is 116 Å². The molecule has 1 heterocycles. The minimum atomic E-state index is 0.677. The van der Waals surface area contributed by atoms with Crippen molar-refractivity contribution in [3.05, 3.63) is 29.3 Å². The average molecular weight is 254 g/mol. The monoisotopic (exact) mass is 254 g/mol. The molecule has 19 heavy (non-hydrogen) atoms. The third-order valence-electron chi connectivity index (χ3n) is 4.83. The molecule has 2 fully saturated rings. The number of rotatable bonds is 2. The highest BCUT2D eigenvalue weighted by Gasteiger charge is 2.34. The van der Waals surface area contributed by atoms with Crippen molar-refractivity contribution in [2.24, 2.45) is 5.92 Å². The lowest BCUT2D eigenvalue weighted by Crippen LogP contribution is -2.35. The van der Waals surface area contributed by atoms with Gasteiger partial charge in [-0.15, -0.1) is 0 Å². The van der Waals surface area contributed by atoms with E-state index in [-0.39, 0.29) is 0 Å². The fourth-order valence-corrected chi connectivity index (χ4v) is 3.90. The third-order valence-corrected chi connectivity index (χ3v) is 4.83. The van der Waals surface area contributed by atoms with Crippen LogP contribution in [0.1, 0.15) is 49.7 Å². The van der Waals surface area contributed by atoms with Gasteiger partial charge in [-0.1, -0.05) is 18.9 Å². The number of anilines is 1. The van der Waals surface area contributed by atoms with E-state index in [2.05, 4.69) is 24.0 Å². The lowest BCUT2D eigenvalue weighted by molar-refractivity contribution is 0.430. The maximum Gasteiger partial charge on any atom is 0.101 e. The molecule has 2 heteroatoms. The summed E-state index contributed by atoms with van der Waals surface area (Å²) in [4.78, 5) is 2.53. The van der Waals surface area contributed by atoms with Gasteiger partial charge in [0.05, 0.1) is 11.3 Å². The molecular formula is C17H22N2. The van der Waals surface area contributed by atoms with Crippen molar-refractivity contribution in [3.63, 3.8) is 0 Å². The molecule has 0 radical (unpaired) electrons. The second kappa shape index (κ2) is 5.25. The topological polar surface area (TPSA) is 27.0 Å². The average Bonchev–Trinajstić information content (AvgIpc) is 3.09. The van der Waals surface area contributed by atoms with Crippen molar-refractivity contribution in [2.45, 2.75) is 51.5 Å². The molecule has 1 saturated carbocycles. The van der Waals surface area contributed by atoms with Crippen molar-refractivity contribution in [1.82, 2.24) is 0 Å². The van der Waals surface area contributed by atoms with Gasteiger partial charge >= 0.3 is 0 Å².